The topological polar surface area (TPSA) is 46.6 Å². The fourth-order valence-electron chi connectivity index (χ4n) is 2.52. The third kappa shape index (κ3) is 2.85. The van der Waals surface area contributed by atoms with Crippen LogP contribution < -0.4 is 0 Å². The molecule has 0 spiro atoms. The first-order valence-electron chi connectivity index (χ1n) is 6.83. The molecule has 0 bridgehead atoms. The quantitative estimate of drug-likeness (QED) is 0.707. The minimum Gasteiger partial charge on any atom is -0.458 e. The van der Waals surface area contributed by atoms with Crippen molar-refractivity contribution in [3.05, 3.63) is 0 Å². The SMILES string of the molecule is CC1CC1C(=O)N1CCC[C@@H]1C(=O)OC(C)(C)C. The number of nitrogens with zero attached hydrogens (tertiary/aromatic N) is 1. The lowest BCUT2D eigenvalue weighted by Crippen LogP contribution is -2.44. The van der Waals surface area contributed by atoms with E-state index in [1.54, 1.807) is 4.90 Å². The molecular formula is C14H23NO3. The summed E-state index contributed by atoms with van der Waals surface area (Å²) in [6.07, 6.45) is 2.61. The molecule has 0 radical (unpaired) electrons. The Hall–Kier alpha value is -1.06. The summed E-state index contributed by atoms with van der Waals surface area (Å²) in [7, 11) is 0. The lowest BCUT2D eigenvalue weighted by atomic mass is 10.1. The highest BCUT2D eigenvalue weighted by atomic mass is 16.6. The van der Waals surface area contributed by atoms with Crippen molar-refractivity contribution in [3.8, 4) is 0 Å². The Balaban J connectivity index is 1.99. The standard InChI is InChI=1S/C14H23NO3/c1-9-8-10(9)12(16)15-7-5-6-11(15)13(17)18-14(2,3)4/h9-11H,5-8H2,1-4H3/t9?,10?,11-/m1/s1. The van der Waals surface area contributed by atoms with Crippen LogP contribution in [0.4, 0.5) is 0 Å². The first-order chi connectivity index (χ1) is 8.29. The zero-order valence-electron chi connectivity index (χ0n) is 11.7. The highest BCUT2D eigenvalue weighted by Crippen LogP contribution is 2.40. The van der Waals surface area contributed by atoms with E-state index in [0.717, 1.165) is 19.3 Å². The van der Waals surface area contributed by atoms with Crippen LogP contribution in [0, 0.1) is 11.8 Å². The molecule has 2 aliphatic rings. The van der Waals surface area contributed by atoms with Gasteiger partial charge in [0.2, 0.25) is 5.91 Å². The van der Waals surface area contributed by atoms with E-state index < -0.39 is 5.60 Å². The van der Waals surface area contributed by atoms with Crippen molar-refractivity contribution in [1.29, 1.82) is 0 Å². The van der Waals surface area contributed by atoms with Gasteiger partial charge in [-0.2, -0.15) is 0 Å². The van der Waals surface area contributed by atoms with Gasteiger partial charge in [-0.05, 0) is 46.0 Å². The number of rotatable bonds is 2. The summed E-state index contributed by atoms with van der Waals surface area (Å²) in [5.41, 5.74) is -0.485. The first-order valence-corrected chi connectivity index (χ1v) is 6.83. The summed E-state index contributed by atoms with van der Waals surface area (Å²) in [5, 5.41) is 0. The molecule has 1 aliphatic carbocycles. The van der Waals surface area contributed by atoms with Crippen molar-refractivity contribution in [2.75, 3.05) is 6.54 Å². The Morgan fingerprint density at radius 2 is 1.89 bits per heavy atom. The number of hydrogen-bond acceptors (Lipinski definition) is 3. The van der Waals surface area contributed by atoms with Crippen LogP contribution in [0.1, 0.15) is 47.0 Å². The Morgan fingerprint density at radius 1 is 1.28 bits per heavy atom. The van der Waals surface area contributed by atoms with E-state index in [1.807, 2.05) is 20.8 Å². The summed E-state index contributed by atoms with van der Waals surface area (Å²) in [5.74, 6) is 0.530. The van der Waals surface area contributed by atoms with Gasteiger partial charge >= 0.3 is 5.97 Å². The minimum atomic E-state index is -0.485. The fourth-order valence-corrected chi connectivity index (χ4v) is 2.52. The summed E-state index contributed by atoms with van der Waals surface area (Å²) >= 11 is 0. The van der Waals surface area contributed by atoms with Crippen LogP contribution in [0.25, 0.3) is 0 Å². The summed E-state index contributed by atoms with van der Waals surface area (Å²) in [4.78, 5) is 26.0. The number of hydrogen-bond donors (Lipinski definition) is 0. The van der Waals surface area contributed by atoms with Crippen LogP contribution in [0.15, 0.2) is 0 Å². The highest BCUT2D eigenvalue weighted by Gasteiger charge is 2.46. The van der Waals surface area contributed by atoms with Crippen molar-refractivity contribution < 1.29 is 14.3 Å². The van der Waals surface area contributed by atoms with Gasteiger partial charge in [-0.15, -0.1) is 0 Å². The van der Waals surface area contributed by atoms with Gasteiger partial charge in [0.1, 0.15) is 11.6 Å². The van der Waals surface area contributed by atoms with Crippen molar-refractivity contribution in [1.82, 2.24) is 4.90 Å². The number of carbonyl (C=O) groups excluding carboxylic acids is 2. The van der Waals surface area contributed by atoms with Crippen LogP contribution in [0.3, 0.4) is 0 Å². The number of esters is 1. The van der Waals surface area contributed by atoms with Crippen molar-refractivity contribution >= 4 is 11.9 Å². The molecule has 102 valence electrons. The Kier molecular flexibility index (Phi) is 3.39. The van der Waals surface area contributed by atoms with Gasteiger partial charge in [-0.1, -0.05) is 6.92 Å². The average Bonchev–Trinajstić information content (AvgIpc) is 2.79. The van der Waals surface area contributed by atoms with Gasteiger partial charge in [0.05, 0.1) is 0 Å². The van der Waals surface area contributed by atoms with E-state index in [2.05, 4.69) is 6.92 Å². The van der Waals surface area contributed by atoms with Gasteiger partial charge in [0.25, 0.3) is 0 Å². The third-order valence-electron chi connectivity index (χ3n) is 3.64. The Bertz CT molecular complexity index is 359. The molecule has 4 heteroatoms. The second kappa shape index (κ2) is 4.56. The molecule has 1 heterocycles. The van der Waals surface area contributed by atoms with Crippen LogP contribution in [-0.4, -0.2) is 35.0 Å². The Labute approximate surface area is 109 Å². The monoisotopic (exact) mass is 253 g/mol. The molecule has 3 atom stereocenters. The van der Waals surface area contributed by atoms with E-state index >= 15 is 0 Å². The van der Waals surface area contributed by atoms with Gasteiger partial charge in [-0.25, -0.2) is 4.79 Å². The van der Waals surface area contributed by atoms with Crippen molar-refractivity contribution in [2.45, 2.75) is 58.6 Å². The molecule has 1 amide bonds. The zero-order chi connectivity index (χ0) is 13.5. The van der Waals surface area contributed by atoms with Gasteiger partial charge in [0, 0.05) is 12.5 Å². The lowest BCUT2D eigenvalue weighted by Gasteiger charge is -2.27. The van der Waals surface area contributed by atoms with E-state index in [9.17, 15) is 9.59 Å². The number of likely N-dealkylation sites (tertiary alicyclic amines) is 1. The summed E-state index contributed by atoms with van der Waals surface area (Å²) < 4.78 is 5.40. The van der Waals surface area contributed by atoms with E-state index in [0.29, 0.717) is 12.5 Å². The fraction of sp³-hybridized carbons (Fsp3) is 0.857. The lowest BCUT2D eigenvalue weighted by molar-refractivity contribution is -0.163. The van der Waals surface area contributed by atoms with Gasteiger partial charge in [-0.3, -0.25) is 4.79 Å². The van der Waals surface area contributed by atoms with Crippen molar-refractivity contribution in [2.24, 2.45) is 11.8 Å². The molecule has 1 aliphatic heterocycles. The molecule has 2 fully saturated rings. The molecular weight excluding hydrogens is 230 g/mol. The van der Waals surface area contributed by atoms with E-state index in [4.69, 9.17) is 4.74 Å². The normalized spacial score (nSPS) is 31.3. The molecule has 0 aromatic rings. The van der Waals surface area contributed by atoms with Gasteiger partial charge < -0.3 is 9.64 Å². The molecule has 0 aromatic carbocycles. The molecule has 18 heavy (non-hydrogen) atoms. The molecule has 1 saturated heterocycles. The second-order valence-electron chi connectivity index (χ2n) is 6.54. The van der Waals surface area contributed by atoms with E-state index in [1.165, 1.54) is 0 Å². The third-order valence-corrected chi connectivity index (χ3v) is 3.64. The maximum atomic E-state index is 12.2. The van der Waals surface area contributed by atoms with Crippen LogP contribution in [-0.2, 0) is 14.3 Å². The molecule has 0 aromatic heterocycles. The van der Waals surface area contributed by atoms with Gasteiger partial charge in [0.15, 0.2) is 0 Å². The predicted molar refractivity (Wildman–Crippen MR) is 67.9 cm³/mol. The second-order valence-corrected chi connectivity index (χ2v) is 6.54. The Morgan fingerprint density at radius 3 is 2.39 bits per heavy atom. The average molecular weight is 253 g/mol. The molecule has 4 nitrogen and oxygen atoms in total. The summed E-state index contributed by atoms with van der Waals surface area (Å²) in [6.45, 7) is 8.35. The summed E-state index contributed by atoms with van der Waals surface area (Å²) in [6, 6.07) is -0.357. The van der Waals surface area contributed by atoms with Crippen LogP contribution >= 0.6 is 0 Å². The highest BCUT2D eigenvalue weighted by molar-refractivity contribution is 5.88. The molecule has 2 rings (SSSR count). The molecule has 2 unspecified atom stereocenters. The van der Waals surface area contributed by atoms with Crippen molar-refractivity contribution in [3.63, 3.8) is 0 Å². The molecule has 0 N–H and O–H groups in total. The van der Waals surface area contributed by atoms with E-state index in [-0.39, 0.29) is 23.8 Å². The van der Waals surface area contributed by atoms with Crippen LogP contribution in [0.2, 0.25) is 0 Å². The number of amides is 1. The number of carbonyl (C=O) groups is 2. The van der Waals surface area contributed by atoms with Crippen LogP contribution in [0.5, 0.6) is 0 Å². The maximum absolute atomic E-state index is 12.2. The number of ether oxygens (including phenoxy) is 1. The minimum absolute atomic E-state index is 0.146. The maximum Gasteiger partial charge on any atom is 0.329 e. The zero-order valence-corrected chi connectivity index (χ0v) is 11.7. The largest absolute Gasteiger partial charge is 0.458 e. The smallest absolute Gasteiger partial charge is 0.329 e. The predicted octanol–water partition coefficient (Wildman–Crippen LogP) is 1.98. The first kappa shape index (κ1) is 13.4. The molecule has 1 saturated carbocycles.